The molecule has 26 heavy (non-hydrogen) atoms. The summed E-state index contributed by atoms with van der Waals surface area (Å²) < 4.78 is 32.9. The monoisotopic (exact) mass is 372 g/mol. The maximum Gasteiger partial charge on any atom is 0.243 e. The summed E-state index contributed by atoms with van der Waals surface area (Å²) in [5.74, 6) is 0.815. The number of fused-ring (bicyclic) bond motifs is 1. The van der Waals surface area contributed by atoms with Crippen molar-refractivity contribution in [2.75, 3.05) is 38.2 Å². The van der Waals surface area contributed by atoms with Gasteiger partial charge in [0.2, 0.25) is 10.0 Å². The van der Waals surface area contributed by atoms with Crippen LogP contribution in [0.4, 0.5) is 5.69 Å². The Morgan fingerprint density at radius 2 is 1.69 bits per heavy atom. The van der Waals surface area contributed by atoms with Crippen LogP contribution in [0.2, 0.25) is 0 Å². The maximum atomic E-state index is 13.0. The van der Waals surface area contributed by atoms with Crippen molar-refractivity contribution in [1.82, 2.24) is 4.31 Å². The third-order valence-corrected chi connectivity index (χ3v) is 7.26. The predicted molar refractivity (Wildman–Crippen MR) is 102 cm³/mol. The lowest BCUT2D eigenvalue weighted by atomic mass is 10.1. The normalized spacial score (nSPS) is 18.0. The van der Waals surface area contributed by atoms with E-state index in [2.05, 4.69) is 4.90 Å². The van der Waals surface area contributed by atoms with Gasteiger partial charge in [0.15, 0.2) is 0 Å². The molecule has 2 aromatic rings. The van der Waals surface area contributed by atoms with Crippen LogP contribution in [0.15, 0.2) is 47.4 Å². The van der Waals surface area contributed by atoms with E-state index in [1.54, 1.807) is 17.5 Å². The number of benzene rings is 2. The second-order valence-electron chi connectivity index (χ2n) is 6.88. The molecule has 1 fully saturated rings. The molecule has 0 radical (unpaired) electrons. The fraction of sp³-hybridized carbons (Fsp3) is 0.400. The van der Waals surface area contributed by atoms with E-state index in [1.807, 2.05) is 36.4 Å². The number of piperazine rings is 1. The molecule has 0 atom stereocenters. The summed E-state index contributed by atoms with van der Waals surface area (Å²) in [5.41, 5.74) is 3.56. The Morgan fingerprint density at radius 1 is 0.923 bits per heavy atom. The molecule has 0 saturated carbocycles. The van der Waals surface area contributed by atoms with Crippen LogP contribution in [0.25, 0.3) is 0 Å². The van der Waals surface area contributed by atoms with Gasteiger partial charge in [-0.1, -0.05) is 12.1 Å². The highest BCUT2D eigenvalue weighted by Crippen LogP contribution is 2.28. The first-order valence-corrected chi connectivity index (χ1v) is 10.5. The van der Waals surface area contributed by atoms with Crippen LogP contribution >= 0.6 is 0 Å². The number of anilines is 1. The molecule has 0 aromatic heterocycles. The van der Waals surface area contributed by atoms with E-state index in [0.717, 1.165) is 30.7 Å². The van der Waals surface area contributed by atoms with E-state index < -0.39 is 10.0 Å². The highest BCUT2D eigenvalue weighted by Gasteiger charge is 2.29. The van der Waals surface area contributed by atoms with Crippen LogP contribution in [-0.4, -0.2) is 46.0 Å². The molecule has 1 aliphatic carbocycles. The molecule has 0 amide bonds. The van der Waals surface area contributed by atoms with E-state index in [-0.39, 0.29) is 0 Å². The molecule has 0 N–H and O–H groups in total. The topological polar surface area (TPSA) is 49.9 Å². The van der Waals surface area contributed by atoms with Crippen LogP contribution in [0.1, 0.15) is 17.5 Å². The van der Waals surface area contributed by atoms with Gasteiger partial charge < -0.3 is 9.64 Å². The van der Waals surface area contributed by atoms with Crippen molar-refractivity contribution in [1.29, 1.82) is 0 Å². The first-order valence-electron chi connectivity index (χ1n) is 9.09. The lowest BCUT2D eigenvalue weighted by Gasteiger charge is -2.35. The fourth-order valence-corrected chi connectivity index (χ4v) is 5.32. The van der Waals surface area contributed by atoms with Gasteiger partial charge in [0.1, 0.15) is 5.75 Å². The van der Waals surface area contributed by atoms with Gasteiger partial charge in [-0.3, -0.25) is 0 Å². The summed E-state index contributed by atoms with van der Waals surface area (Å²) >= 11 is 0. The van der Waals surface area contributed by atoms with Gasteiger partial charge in [0.25, 0.3) is 0 Å². The number of methoxy groups -OCH3 is 1. The average Bonchev–Trinajstić information content (AvgIpc) is 3.16. The van der Waals surface area contributed by atoms with Gasteiger partial charge in [-0.25, -0.2) is 8.42 Å². The van der Waals surface area contributed by atoms with Gasteiger partial charge in [-0.05, 0) is 54.7 Å². The fourth-order valence-electron chi connectivity index (χ4n) is 3.85. The quantitative estimate of drug-likeness (QED) is 0.828. The number of aryl methyl sites for hydroxylation is 2. The molecule has 0 unspecified atom stereocenters. The molecular formula is C20H24N2O3S. The van der Waals surface area contributed by atoms with Crippen molar-refractivity contribution in [3.63, 3.8) is 0 Å². The zero-order chi connectivity index (χ0) is 18.1. The summed E-state index contributed by atoms with van der Waals surface area (Å²) in [5, 5.41) is 0. The Labute approximate surface area is 155 Å². The molecule has 5 nitrogen and oxygen atoms in total. The van der Waals surface area contributed by atoms with E-state index in [9.17, 15) is 8.42 Å². The molecule has 1 heterocycles. The smallest absolute Gasteiger partial charge is 0.243 e. The predicted octanol–water partition coefficient (Wildman–Crippen LogP) is 2.69. The molecule has 6 heteroatoms. The standard InChI is InChI=1S/C20H24N2O3S/c1-25-19-7-3-6-18(15-19)21-10-12-22(13-11-21)26(23,24)20-9-8-16-4-2-5-17(16)14-20/h3,6-9,14-15H,2,4-5,10-13H2,1H3. The maximum absolute atomic E-state index is 13.0. The van der Waals surface area contributed by atoms with Crippen LogP contribution in [0.3, 0.4) is 0 Å². The molecule has 4 rings (SSSR count). The van der Waals surface area contributed by atoms with Gasteiger partial charge in [-0.15, -0.1) is 0 Å². The highest BCUT2D eigenvalue weighted by molar-refractivity contribution is 7.89. The van der Waals surface area contributed by atoms with E-state index in [1.165, 1.54) is 11.1 Å². The van der Waals surface area contributed by atoms with Crippen molar-refractivity contribution >= 4 is 15.7 Å². The van der Waals surface area contributed by atoms with Crippen molar-refractivity contribution < 1.29 is 13.2 Å². The van der Waals surface area contributed by atoms with Crippen molar-refractivity contribution in [3.8, 4) is 5.75 Å². The number of nitrogens with zero attached hydrogens (tertiary/aromatic N) is 2. The van der Waals surface area contributed by atoms with Gasteiger partial charge in [0, 0.05) is 37.9 Å². The van der Waals surface area contributed by atoms with E-state index in [4.69, 9.17) is 4.74 Å². The van der Waals surface area contributed by atoms with Crippen LogP contribution in [0.5, 0.6) is 5.75 Å². The Morgan fingerprint density at radius 3 is 2.46 bits per heavy atom. The van der Waals surface area contributed by atoms with Crippen LogP contribution < -0.4 is 9.64 Å². The lowest BCUT2D eigenvalue weighted by molar-refractivity contribution is 0.384. The largest absolute Gasteiger partial charge is 0.497 e. The Kier molecular flexibility index (Phi) is 4.63. The van der Waals surface area contributed by atoms with Crippen molar-refractivity contribution in [2.45, 2.75) is 24.2 Å². The third-order valence-electron chi connectivity index (χ3n) is 5.36. The molecule has 2 aliphatic rings. The highest BCUT2D eigenvalue weighted by atomic mass is 32.2. The molecule has 0 bridgehead atoms. The summed E-state index contributed by atoms with van der Waals surface area (Å²) in [7, 11) is -1.77. The van der Waals surface area contributed by atoms with Crippen molar-refractivity contribution in [3.05, 3.63) is 53.6 Å². The summed E-state index contributed by atoms with van der Waals surface area (Å²) in [6.07, 6.45) is 3.18. The summed E-state index contributed by atoms with van der Waals surface area (Å²) in [4.78, 5) is 2.64. The number of sulfonamides is 1. The van der Waals surface area contributed by atoms with Gasteiger partial charge >= 0.3 is 0 Å². The zero-order valence-electron chi connectivity index (χ0n) is 15.0. The number of ether oxygens (including phenoxy) is 1. The first kappa shape index (κ1) is 17.4. The number of hydrogen-bond donors (Lipinski definition) is 0. The SMILES string of the molecule is COc1cccc(N2CCN(S(=O)(=O)c3ccc4c(c3)CCC4)CC2)c1. The third kappa shape index (κ3) is 3.19. The van der Waals surface area contributed by atoms with E-state index in [0.29, 0.717) is 31.1 Å². The minimum Gasteiger partial charge on any atom is -0.497 e. The second-order valence-corrected chi connectivity index (χ2v) is 8.81. The molecular weight excluding hydrogens is 348 g/mol. The Hall–Kier alpha value is -2.05. The Bertz CT molecular complexity index is 903. The zero-order valence-corrected chi connectivity index (χ0v) is 15.8. The number of rotatable bonds is 4. The minimum atomic E-state index is -3.42. The summed E-state index contributed by atoms with van der Waals surface area (Å²) in [6, 6.07) is 13.5. The lowest BCUT2D eigenvalue weighted by Crippen LogP contribution is -2.48. The van der Waals surface area contributed by atoms with E-state index >= 15 is 0 Å². The molecule has 0 spiro atoms. The van der Waals surface area contributed by atoms with Gasteiger partial charge in [-0.2, -0.15) is 4.31 Å². The van der Waals surface area contributed by atoms with Gasteiger partial charge in [0.05, 0.1) is 12.0 Å². The minimum absolute atomic E-state index is 0.438. The molecule has 2 aromatic carbocycles. The average molecular weight is 372 g/mol. The first-order chi connectivity index (χ1) is 12.6. The molecule has 1 aliphatic heterocycles. The molecule has 1 saturated heterocycles. The summed E-state index contributed by atoms with van der Waals surface area (Å²) in [6.45, 7) is 2.35. The number of hydrogen-bond acceptors (Lipinski definition) is 4. The van der Waals surface area contributed by atoms with Crippen LogP contribution in [0, 0.1) is 0 Å². The van der Waals surface area contributed by atoms with Crippen molar-refractivity contribution in [2.24, 2.45) is 0 Å². The molecule has 138 valence electrons. The Balaban J connectivity index is 1.48. The second kappa shape index (κ2) is 6.93. The van der Waals surface area contributed by atoms with Crippen LogP contribution in [-0.2, 0) is 22.9 Å².